The van der Waals surface area contributed by atoms with Gasteiger partial charge in [0.2, 0.25) is 5.91 Å². The van der Waals surface area contributed by atoms with E-state index in [2.05, 4.69) is 17.6 Å². The van der Waals surface area contributed by atoms with Crippen molar-refractivity contribution in [3.63, 3.8) is 0 Å². The fourth-order valence-corrected chi connectivity index (χ4v) is 3.71. The molecule has 144 valence electrons. The summed E-state index contributed by atoms with van der Waals surface area (Å²) in [6.45, 7) is 2.81. The van der Waals surface area contributed by atoms with Crippen LogP contribution in [0.4, 0.5) is 0 Å². The van der Waals surface area contributed by atoms with Gasteiger partial charge in [-0.15, -0.1) is 0 Å². The summed E-state index contributed by atoms with van der Waals surface area (Å²) < 4.78 is 5.46. The molecule has 2 rings (SSSR count). The van der Waals surface area contributed by atoms with Gasteiger partial charge in [-0.1, -0.05) is 38.0 Å². The molecule has 0 heterocycles. The van der Waals surface area contributed by atoms with Gasteiger partial charge in [-0.3, -0.25) is 9.59 Å². The summed E-state index contributed by atoms with van der Waals surface area (Å²) in [5, 5.41) is 5.87. The minimum Gasteiger partial charge on any atom is -0.484 e. The summed E-state index contributed by atoms with van der Waals surface area (Å²) in [6, 6.07) is 8.68. The summed E-state index contributed by atoms with van der Waals surface area (Å²) in [7, 11) is 0. The molecule has 6 heteroatoms. The third kappa shape index (κ3) is 6.90. The third-order valence-electron chi connectivity index (χ3n) is 4.88. The maximum atomic E-state index is 12.6. The highest BCUT2D eigenvalue weighted by molar-refractivity contribution is 7.98. The van der Waals surface area contributed by atoms with Gasteiger partial charge < -0.3 is 15.4 Å². The first kappa shape index (κ1) is 20.6. The summed E-state index contributed by atoms with van der Waals surface area (Å²) in [5.74, 6) is 1.08. The molecule has 1 fully saturated rings. The number of para-hydroxylation sites is 1. The van der Waals surface area contributed by atoms with Crippen LogP contribution in [-0.4, -0.2) is 43.0 Å². The van der Waals surface area contributed by atoms with Gasteiger partial charge in [0.1, 0.15) is 11.8 Å². The second-order valence-corrected chi connectivity index (χ2v) is 8.22. The Labute approximate surface area is 160 Å². The summed E-state index contributed by atoms with van der Waals surface area (Å²) >= 11 is 1.66. The van der Waals surface area contributed by atoms with E-state index in [9.17, 15) is 9.59 Å². The Morgan fingerprint density at radius 1 is 1.23 bits per heavy atom. The van der Waals surface area contributed by atoms with Crippen LogP contribution in [0.15, 0.2) is 30.3 Å². The van der Waals surface area contributed by atoms with Crippen molar-refractivity contribution in [1.29, 1.82) is 0 Å². The first-order valence-electron chi connectivity index (χ1n) is 9.26. The fraction of sp³-hybridized carbons (Fsp3) is 0.600. The SMILES string of the molecule is CSCCC(NC(=O)COc1ccccc1)C(=O)NCC1(C)CCCC1. The van der Waals surface area contributed by atoms with Crippen LogP contribution in [0.2, 0.25) is 0 Å². The predicted molar refractivity (Wildman–Crippen MR) is 106 cm³/mol. The van der Waals surface area contributed by atoms with Crippen molar-refractivity contribution in [3.05, 3.63) is 30.3 Å². The lowest BCUT2D eigenvalue weighted by molar-refractivity contribution is -0.130. The summed E-state index contributed by atoms with van der Waals surface area (Å²) in [6.07, 6.45) is 7.38. The zero-order valence-electron chi connectivity index (χ0n) is 15.8. The molecule has 5 nitrogen and oxygen atoms in total. The van der Waals surface area contributed by atoms with Gasteiger partial charge >= 0.3 is 0 Å². The lowest BCUT2D eigenvalue weighted by atomic mass is 9.89. The topological polar surface area (TPSA) is 67.4 Å². The van der Waals surface area contributed by atoms with Crippen LogP contribution in [0.3, 0.4) is 0 Å². The number of ether oxygens (including phenoxy) is 1. The van der Waals surface area contributed by atoms with Crippen molar-refractivity contribution >= 4 is 23.6 Å². The van der Waals surface area contributed by atoms with Gasteiger partial charge in [0.15, 0.2) is 6.61 Å². The second kappa shape index (κ2) is 10.5. The first-order valence-corrected chi connectivity index (χ1v) is 10.7. The molecule has 0 bridgehead atoms. The second-order valence-electron chi connectivity index (χ2n) is 7.24. The number of nitrogens with one attached hydrogen (secondary N) is 2. The Hall–Kier alpha value is -1.69. The molecule has 1 aliphatic carbocycles. The Morgan fingerprint density at radius 2 is 1.92 bits per heavy atom. The zero-order chi connectivity index (χ0) is 18.8. The standard InChI is InChI=1S/C20H30N2O3S/c1-20(11-6-7-12-20)15-21-19(24)17(10-13-26-2)22-18(23)14-25-16-8-4-3-5-9-16/h3-5,8-9,17H,6-7,10-15H2,1-2H3,(H,21,24)(H,22,23). The maximum Gasteiger partial charge on any atom is 0.258 e. The number of rotatable bonds is 10. The molecule has 2 N–H and O–H groups in total. The Bertz CT molecular complexity index is 574. The number of hydrogen-bond acceptors (Lipinski definition) is 4. The minimum absolute atomic E-state index is 0.0925. The molecule has 1 aromatic carbocycles. The van der Waals surface area contributed by atoms with E-state index >= 15 is 0 Å². The quantitative estimate of drug-likeness (QED) is 0.657. The molecule has 1 aliphatic rings. The molecule has 0 spiro atoms. The molecule has 0 aromatic heterocycles. The molecule has 0 radical (unpaired) electrons. The first-order chi connectivity index (χ1) is 12.5. The van der Waals surface area contributed by atoms with E-state index in [1.807, 2.05) is 24.5 Å². The largest absolute Gasteiger partial charge is 0.484 e. The van der Waals surface area contributed by atoms with E-state index in [0.29, 0.717) is 18.7 Å². The minimum atomic E-state index is -0.515. The van der Waals surface area contributed by atoms with E-state index in [1.165, 1.54) is 12.8 Å². The van der Waals surface area contributed by atoms with Crippen molar-refractivity contribution < 1.29 is 14.3 Å². The Kier molecular flexibility index (Phi) is 8.29. The van der Waals surface area contributed by atoms with Crippen LogP contribution in [0.25, 0.3) is 0 Å². The van der Waals surface area contributed by atoms with Gasteiger partial charge in [0.05, 0.1) is 0 Å². The molecule has 1 saturated carbocycles. The highest BCUT2D eigenvalue weighted by Crippen LogP contribution is 2.36. The highest BCUT2D eigenvalue weighted by Gasteiger charge is 2.30. The number of carbonyl (C=O) groups is 2. The molecule has 1 aromatic rings. The zero-order valence-corrected chi connectivity index (χ0v) is 16.6. The molecule has 2 amide bonds. The monoisotopic (exact) mass is 378 g/mol. The van der Waals surface area contributed by atoms with Crippen LogP contribution in [-0.2, 0) is 9.59 Å². The van der Waals surface area contributed by atoms with E-state index in [-0.39, 0.29) is 23.8 Å². The van der Waals surface area contributed by atoms with Crippen molar-refractivity contribution in [2.75, 3.05) is 25.2 Å². The molecule has 26 heavy (non-hydrogen) atoms. The van der Waals surface area contributed by atoms with Gasteiger partial charge in [-0.2, -0.15) is 11.8 Å². The van der Waals surface area contributed by atoms with Crippen LogP contribution >= 0.6 is 11.8 Å². The number of hydrogen-bond donors (Lipinski definition) is 2. The van der Waals surface area contributed by atoms with E-state index in [4.69, 9.17) is 4.74 Å². The lowest BCUT2D eigenvalue weighted by Gasteiger charge is -2.26. The average molecular weight is 379 g/mol. The van der Waals surface area contributed by atoms with E-state index in [1.54, 1.807) is 23.9 Å². The molecule has 0 aliphatic heterocycles. The van der Waals surface area contributed by atoms with E-state index < -0.39 is 6.04 Å². The summed E-state index contributed by atoms with van der Waals surface area (Å²) in [4.78, 5) is 24.8. The molecule has 1 unspecified atom stereocenters. The van der Waals surface area contributed by atoms with Crippen LogP contribution in [0.5, 0.6) is 5.75 Å². The number of thioether (sulfide) groups is 1. The van der Waals surface area contributed by atoms with Crippen molar-refractivity contribution in [2.24, 2.45) is 5.41 Å². The maximum absolute atomic E-state index is 12.6. The van der Waals surface area contributed by atoms with Gasteiger partial charge in [-0.25, -0.2) is 0 Å². The lowest BCUT2D eigenvalue weighted by Crippen LogP contribution is -2.50. The van der Waals surface area contributed by atoms with Gasteiger partial charge in [-0.05, 0) is 48.8 Å². The Morgan fingerprint density at radius 3 is 2.58 bits per heavy atom. The molecular formula is C20H30N2O3S. The number of benzene rings is 1. The van der Waals surface area contributed by atoms with Gasteiger partial charge in [0, 0.05) is 6.54 Å². The van der Waals surface area contributed by atoms with Crippen LogP contribution < -0.4 is 15.4 Å². The molecule has 0 saturated heterocycles. The van der Waals surface area contributed by atoms with Crippen LogP contribution in [0.1, 0.15) is 39.0 Å². The van der Waals surface area contributed by atoms with Crippen molar-refractivity contribution in [1.82, 2.24) is 10.6 Å². The van der Waals surface area contributed by atoms with Gasteiger partial charge in [0.25, 0.3) is 5.91 Å². The Balaban J connectivity index is 1.82. The third-order valence-corrected chi connectivity index (χ3v) is 5.52. The van der Waals surface area contributed by atoms with Crippen LogP contribution in [0, 0.1) is 5.41 Å². The van der Waals surface area contributed by atoms with Crippen molar-refractivity contribution in [3.8, 4) is 5.75 Å². The predicted octanol–water partition coefficient (Wildman–Crippen LogP) is 3.00. The smallest absolute Gasteiger partial charge is 0.258 e. The molecule has 1 atom stereocenters. The van der Waals surface area contributed by atoms with E-state index in [0.717, 1.165) is 18.6 Å². The number of carbonyl (C=O) groups excluding carboxylic acids is 2. The molecular weight excluding hydrogens is 348 g/mol. The summed E-state index contributed by atoms with van der Waals surface area (Å²) in [5.41, 5.74) is 0.195. The normalized spacial score (nSPS) is 16.7. The highest BCUT2D eigenvalue weighted by atomic mass is 32.2. The average Bonchev–Trinajstić information content (AvgIpc) is 3.09. The van der Waals surface area contributed by atoms with Crippen molar-refractivity contribution in [2.45, 2.75) is 45.1 Å². The fourth-order valence-electron chi connectivity index (χ4n) is 3.24. The number of amides is 2.